The van der Waals surface area contributed by atoms with Gasteiger partial charge in [-0.3, -0.25) is 0 Å². The molecule has 1 spiro atoms. The molecule has 92 valence electrons. The molecule has 16 heavy (non-hydrogen) atoms. The average molecular weight is 227 g/mol. The van der Waals surface area contributed by atoms with Gasteiger partial charge in [-0.15, -0.1) is 0 Å². The minimum Gasteiger partial charge on any atom is -0.444 e. The van der Waals surface area contributed by atoms with Gasteiger partial charge in [0.25, 0.3) is 0 Å². The highest BCUT2D eigenvalue weighted by Crippen LogP contribution is 2.26. The van der Waals surface area contributed by atoms with E-state index in [1.165, 1.54) is 13.0 Å². The number of piperidine rings is 1. The highest BCUT2D eigenvalue weighted by Gasteiger charge is 2.45. The van der Waals surface area contributed by atoms with Crippen molar-refractivity contribution in [3.05, 3.63) is 0 Å². The zero-order valence-corrected chi connectivity index (χ0v) is 10.6. The second-order valence-corrected chi connectivity index (χ2v) is 6.07. The zero-order valence-electron chi connectivity index (χ0n) is 10.6. The van der Waals surface area contributed by atoms with Crippen molar-refractivity contribution in [2.24, 2.45) is 0 Å². The maximum absolute atomic E-state index is 11.8. The van der Waals surface area contributed by atoms with E-state index < -0.39 is 0 Å². The van der Waals surface area contributed by atoms with Crippen molar-refractivity contribution in [2.45, 2.75) is 51.2 Å². The first-order chi connectivity index (χ1) is 7.40. The maximum Gasteiger partial charge on any atom is 0.410 e. The van der Waals surface area contributed by atoms with Crippen LogP contribution in [0.3, 0.4) is 0 Å². The smallest absolute Gasteiger partial charge is 0.410 e. The summed E-state index contributed by atoms with van der Waals surface area (Å²) in [6, 6.07) is 0. The third-order valence-corrected chi connectivity index (χ3v) is 3.63. The molecule has 0 unspecified atom stereocenters. The number of amides is 1. The second-order valence-electron chi connectivity index (χ2n) is 6.07. The molecule has 0 aromatic carbocycles. The van der Waals surface area contributed by atoms with E-state index in [0.717, 1.165) is 25.9 Å². The Balaban J connectivity index is 1.82. The molecule has 1 amide bonds. The summed E-state index contributed by atoms with van der Waals surface area (Å²) < 4.78 is 5.37. The second kappa shape index (κ2) is 3.91. The Morgan fingerprint density at radius 3 is 2.19 bits per heavy atom. The number of quaternary nitrogens is 1. The molecular weight excluding hydrogens is 204 g/mol. The predicted molar refractivity (Wildman–Crippen MR) is 61.2 cm³/mol. The normalized spacial score (nSPS) is 24.1. The van der Waals surface area contributed by atoms with E-state index in [2.05, 4.69) is 5.32 Å². The molecule has 2 fully saturated rings. The van der Waals surface area contributed by atoms with E-state index in [1.807, 2.05) is 25.7 Å². The summed E-state index contributed by atoms with van der Waals surface area (Å²) in [5.74, 6) is 0. The lowest BCUT2D eigenvalue weighted by Gasteiger charge is -2.45. The van der Waals surface area contributed by atoms with Crippen LogP contribution in [0.2, 0.25) is 0 Å². The summed E-state index contributed by atoms with van der Waals surface area (Å²) in [5, 5.41) is 2.43. The molecule has 2 aliphatic heterocycles. The molecule has 0 bridgehead atoms. The molecule has 2 rings (SSSR count). The Hall–Kier alpha value is -0.770. The summed E-state index contributed by atoms with van der Waals surface area (Å²) in [4.78, 5) is 13.7. The lowest BCUT2D eigenvalue weighted by atomic mass is 9.79. The Morgan fingerprint density at radius 2 is 1.81 bits per heavy atom. The summed E-state index contributed by atoms with van der Waals surface area (Å²) in [7, 11) is 0. The van der Waals surface area contributed by atoms with Crippen molar-refractivity contribution < 1.29 is 14.8 Å². The van der Waals surface area contributed by atoms with Gasteiger partial charge in [-0.2, -0.15) is 0 Å². The van der Waals surface area contributed by atoms with Crippen molar-refractivity contribution >= 4 is 6.09 Å². The van der Waals surface area contributed by atoms with Gasteiger partial charge in [-0.05, 0) is 20.8 Å². The summed E-state index contributed by atoms with van der Waals surface area (Å²) in [5.41, 5.74) is 0.0906. The fourth-order valence-electron chi connectivity index (χ4n) is 2.47. The number of hydrogen-bond donors (Lipinski definition) is 1. The molecule has 2 N–H and O–H groups in total. The molecule has 0 radical (unpaired) electrons. The Bertz CT molecular complexity index is 269. The summed E-state index contributed by atoms with van der Waals surface area (Å²) >= 11 is 0. The average Bonchev–Trinajstić information content (AvgIpc) is 2.13. The van der Waals surface area contributed by atoms with Gasteiger partial charge in [0.05, 0.1) is 13.0 Å². The number of likely N-dealkylation sites (tertiary alicyclic amines) is 1. The van der Waals surface area contributed by atoms with Crippen molar-refractivity contribution in [3.63, 3.8) is 0 Å². The van der Waals surface area contributed by atoms with Gasteiger partial charge in [-0.1, -0.05) is 0 Å². The summed E-state index contributed by atoms with van der Waals surface area (Å²) in [6.45, 7) is 8.70. The van der Waals surface area contributed by atoms with Gasteiger partial charge in [0.2, 0.25) is 0 Å². The molecule has 0 saturated carbocycles. The Kier molecular flexibility index (Phi) is 2.86. The zero-order chi connectivity index (χ0) is 11.8. The van der Waals surface area contributed by atoms with Crippen molar-refractivity contribution in [1.82, 2.24) is 4.90 Å². The molecule has 2 saturated heterocycles. The first kappa shape index (κ1) is 11.7. The van der Waals surface area contributed by atoms with E-state index in [9.17, 15) is 4.79 Å². The van der Waals surface area contributed by atoms with Crippen LogP contribution in [-0.4, -0.2) is 41.8 Å². The molecule has 4 nitrogen and oxygen atoms in total. The van der Waals surface area contributed by atoms with E-state index in [4.69, 9.17) is 4.74 Å². The topological polar surface area (TPSA) is 46.1 Å². The van der Waals surface area contributed by atoms with Gasteiger partial charge in [0, 0.05) is 25.9 Å². The number of rotatable bonds is 0. The van der Waals surface area contributed by atoms with Crippen molar-refractivity contribution in [1.29, 1.82) is 0 Å². The molecule has 0 aromatic heterocycles. The largest absolute Gasteiger partial charge is 0.444 e. The predicted octanol–water partition coefficient (Wildman–Crippen LogP) is 0.723. The van der Waals surface area contributed by atoms with E-state index >= 15 is 0 Å². The molecule has 0 aromatic rings. The molecule has 2 heterocycles. The Labute approximate surface area is 97.3 Å². The molecule has 4 heteroatoms. The maximum atomic E-state index is 11.8. The van der Waals surface area contributed by atoms with Crippen LogP contribution in [0.1, 0.15) is 40.0 Å². The number of nitrogens with two attached hydrogens (primary N) is 1. The quantitative estimate of drug-likeness (QED) is 0.663. The first-order valence-electron chi connectivity index (χ1n) is 6.23. The minimum atomic E-state index is -0.380. The first-order valence-corrected chi connectivity index (χ1v) is 6.23. The fraction of sp³-hybridized carbons (Fsp3) is 0.917. The van der Waals surface area contributed by atoms with Crippen LogP contribution in [0, 0.1) is 0 Å². The van der Waals surface area contributed by atoms with Crippen molar-refractivity contribution in [2.75, 3.05) is 19.6 Å². The number of carbonyl (C=O) groups excluding carboxylic acids is 1. The number of hydrogen-bond acceptors (Lipinski definition) is 2. The van der Waals surface area contributed by atoms with Crippen molar-refractivity contribution in [3.8, 4) is 0 Å². The molecule has 2 aliphatic rings. The number of ether oxygens (including phenoxy) is 1. The van der Waals surface area contributed by atoms with Crippen LogP contribution in [0.15, 0.2) is 0 Å². The number of carbonyl (C=O) groups is 1. The lowest BCUT2D eigenvalue weighted by molar-refractivity contribution is -0.786. The van der Waals surface area contributed by atoms with Crippen LogP contribution < -0.4 is 5.32 Å². The van der Waals surface area contributed by atoms with Gasteiger partial charge in [0.15, 0.2) is 0 Å². The monoisotopic (exact) mass is 227 g/mol. The molecular formula is C12H23N2O2+. The molecule has 0 aliphatic carbocycles. The van der Waals surface area contributed by atoms with E-state index in [1.54, 1.807) is 0 Å². The fourth-order valence-corrected chi connectivity index (χ4v) is 2.47. The van der Waals surface area contributed by atoms with Crippen LogP contribution in [0.5, 0.6) is 0 Å². The molecule has 0 atom stereocenters. The van der Waals surface area contributed by atoms with Gasteiger partial charge >= 0.3 is 6.09 Å². The summed E-state index contributed by atoms with van der Waals surface area (Å²) in [6.07, 6.45) is 3.40. The van der Waals surface area contributed by atoms with Crippen LogP contribution >= 0.6 is 0 Å². The number of nitrogens with zero attached hydrogens (tertiary/aromatic N) is 1. The lowest BCUT2D eigenvalue weighted by Crippen LogP contribution is -3.06. The Morgan fingerprint density at radius 1 is 1.25 bits per heavy atom. The van der Waals surface area contributed by atoms with Crippen LogP contribution in [-0.2, 0) is 4.74 Å². The van der Waals surface area contributed by atoms with E-state index in [-0.39, 0.29) is 11.7 Å². The van der Waals surface area contributed by atoms with Crippen LogP contribution in [0.25, 0.3) is 0 Å². The van der Waals surface area contributed by atoms with E-state index in [0.29, 0.717) is 5.54 Å². The highest BCUT2D eigenvalue weighted by atomic mass is 16.6. The van der Waals surface area contributed by atoms with Gasteiger partial charge in [0.1, 0.15) is 11.1 Å². The standard InChI is InChI=1S/C12H22N2O2/c1-11(2,3)16-10(15)14-8-5-12(6-9-14)4-7-13-12/h13H,4-9H2,1-3H3/p+1. The van der Waals surface area contributed by atoms with Crippen LogP contribution in [0.4, 0.5) is 4.79 Å². The highest BCUT2D eigenvalue weighted by molar-refractivity contribution is 5.68. The minimum absolute atomic E-state index is 0.151. The van der Waals surface area contributed by atoms with Gasteiger partial charge in [-0.25, -0.2) is 4.79 Å². The van der Waals surface area contributed by atoms with Gasteiger partial charge < -0.3 is 15.0 Å². The SMILES string of the molecule is CC(C)(C)OC(=O)N1CCC2(CC[NH2+]2)CC1. The third kappa shape index (κ3) is 2.48. The third-order valence-electron chi connectivity index (χ3n) is 3.63.